The second-order valence-electron chi connectivity index (χ2n) is 10.4. The van der Waals surface area contributed by atoms with Gasteiger partial charge in [0.15, 0.2) is 0 Å². The summed E-state index contributed by atoms with van der Waals surface area (Å²) in [6.45, 7) is 14.6. The molecule has 0 fully saturated rings. The minimum atomic E-state index is -0.581. The minimum absolute atomic E-state index is 0.104. The Bertz CT molecular complexity index is 1220. The van der Waals surface area contributed by atoms with Crippen molar-refractivity contribution < 1.29 is 19.1 Å². The van der Waals surface area contributed by atoms with E-state index in [4.69, 9.17) is 14.6 Å². The van der Waals surface area contributed by atoms with E-state index in [9.17, 15) is 9.59 Å². The molecular formula is C30H39N3O4. The largest absolute Gasteiger partial charge is 0.462 e. The van der Waals surface area contributed by atoms with Crippen LogP contribution in [-0.2, 0) is 22.4 Å². The Hall–Kier alpha value is -3.61. The van der Waals surface area contributed by atoms with Crippen LogP contribution in [0.5, 0.6) is 0 Å². The van der Waals surface area contributed by atoms with Crippen LogP contribution in [0.3, 0.4) is 0 Å². The molecular weight excluding hydrogens is 466 g/mol. The van der Waals surface area contributed by atoms with Crippen LogP contribution in [0.1, 0.15) is 88.1 Å². The second kappa shape index (κ2) is 12.1. The highest BCUT2D eigenvalue weighted by Crippen LogP contribution is 2.30. The van der Waals surface area contributed by atoms with Gasteiger partial charge in [-0.05, 0) is 57.2 Å². The van der Waals surface area contributed by atoms with Crippen LogP contribution in [0, 0.1) is 0 Å². The molecule has 0 aliphatic rings. The molecule has 1 N–H and O–H groups in total. The number of rotatable bonds is 9. The summed E-state index contributed by atoms with van der Waals surface area (Å²) in [5, 5.41) is 7.65. The first kappa shape index (κ1) is 28.0. The number of ether oxygens (including phenoxy) is 2. The summed E-state index contributed by atoms with van der Waals surface area (Å²) < 4.78 is 12.8. The van der Waals surface area contributed by atoms with E-state index < -0.39 is 11.7 Å². The lowest BCUT2D eigenvalue weighted by molar-refractivity contribution is 0.0522. The van der Waals surface area contributed by atoms with Crippen LogP contribution in [0.2, 0.25) is 0 Å². The molecule has 0 radical (unpaired) electrons. The topological polar surface area (TPSA) is 82.5 Å². The van der Waals surface area contributed by atoms with Crippen LogP contribution >= 0.6 is 0 Å². The summed E-state index contributed by atoms with van der Waals surface area (Å²) in [6, 6.07) is 15.8. The fourth-order valence-corrected chi connectivity index (χ4v) is 4.18. The lowest BCUT2D eigenvalue weighted by atomic mass is 9.98. The van der Waals surface area contributed by atoms with Crippen molar-refractivity contribution in [3.63, 3.8) is 0 Å². The smallest absolute Gasteiger partial charge is 0.412 e. The maximum absolute atomic E-state index is 12.9. The molecule has 7 heteroatoms. The monoisotopic (exact) mass is 505 g/mol. The summed E-state index contributed by atoms with van der Waals surface area (Å²) in [5.74, 6) is -0.213. The van der Waals surface area contributed by atoms with Gasteiger partial charge in [0.25, 0.3) is 0 Å². The Morgan fingerprint density at radius 2 is 1.70 bits per heavy atom. The van der Waals surface area contributed by atoms with Gasteiger partial charge in [0.1, 0.15) is 11.2 Å². The third-order valence-electron chi connectivity index (χ3n) is 5.75. The van der Waals surface area contributed by atoms with Crippen molar-refractivity contribution in [2.45, 2.75) is 79.4 Å². The molecule has 198 valence electrons. The second-order valence-corrected chi connectivity index (χ2v) is 10.4. The number of nitrogens with zero attached hydrogens (tertiary/aromatic N) is 2. The number of para-hydroxylation sites is 1. The van der Waals surface area contributed by atoms with E-state index in [0.717, 1.165) is 41.0 Å². The Morgan fingerprint density at radius 3 is 2.30 bits per heavy atom. The standard InChI is InChI=1S/C30H39N3O4/c1-8-18-33-25(26(28(34)36-9-2)27(32-33)20(3)4)19-21-14-16-22(17-15-21)23-12-10-11-13-24(23)31-29(35)37-30(5,6)7/h10-17,20H,8-9,18-19H2,1-7H3,(H,31,35). The number of anilines is 1. The average Bonchev–Trinajstić information content (AvgIpc) is 3.17. The fourth-order valence-electron chi connectivity index (χ4n) is 4.18. The lowest BCUT2D eigenvalue weighted by Gasteiger charge is -2.20. The van der Waals surface area contributed by atoms with E-state index in [1.54, 1.807) is 0 Å². The average molecular weight is 506 g/mol. The number of aromatic nitrogens is 2. The van der Waals surface area contributed by atoms with E-state index in [-0.39, 0.29) is 11.9 Å². The molecule has 3 rings (SSSR count). The number of hydrogen-bond donors (Lipinski definition) is 1. The zero-order valence-corrected chi connectivity index (χ0v) is 23.1. The van der Waals surface area contributed by atoms with Gasteiger partial charge in [-0.15, -0.1) is 0 Å². The van der Waals surface area contributed by atoms with Gasteiger partial charge in [-0.25, -0.2) is 9.59 Å². The first-order chi connectivity index (χ1) is 17.5. The van der Waals surface area contributed by atoms with Crippen molar-refractivity contribution >= 4 is 17.7 Å². The van der Waals surface area contributed by atoms with Gasteiger partial charge in [0.05, 0.1) is 23.7 Å². The number of benzene rings is 2. The molecule has 0 saturated heterocycles. The molecule has 0 aliphatic carbocycles. The normalized spacial score (nSPS) is 11.5. The van der Waals surface area contributed by atoms with Gasteiger partial charge in [-0.3, -0.25) is 10.00 Å². The molecule has 7 nitrogen and oxygen atoms in total. The molecule has 37 heavy (non-hydrogen) atoms. The first-order valence-electron chi connectivity index (χ1n) is 13.0. The van der Waals surface area contributed by atoms with Crippen LogP contribution in [0.25, 0.3) is 11.1 Å². The lowest BCUT2D eigenvalue weighted by Crippen LogP contribution is -2.27. The number of aryl methyl sites for hydroxylation is 1. The molecule has 0 atom stereocenters. The number of carbonyl (C=O) groups is 2. The number of carbonyl (C=O) groups excluding carboxylic acids is 2. The van der Waals surface area contributed by atoms with E-state index in [2.05, 4.69) is 12.2 Å². The molecule has 1 amide bonds. The Labute approximate surface area is 220 Å². The summed E-state index contributed by atoms with van der Waals surface area (Å²) in [7, 11) is 0. The number of hydrogen-bond acceptors (Lipinski definition) is 5. The Balaban J connectivity index is 1.91. The molecule has 2 aromatic carbocycles. The number of esters is 1. The number of nitrogens with one attached hydrogen (secondary N) is 1. The van der Waals surface area contributed by atoms with E-state index in [1.807, 2.05) is 94.8 Å². The van der Waals surface area contributed by atoms with Crippen LogP contribution < -0.4 is 5.32 Å². The summed E-state index contributed by atoms with van der Waals surface area (Å²) in [5.41, 5.74) is 5.25. The predicted molar refractivity (Wildman–Crippen MR) is 147 cm³/mol. The van der Waals surface area contributed by atoms with Gasteiger partial charge >= 0.3 is 12.1 Å². The van der Waals surface area contributed by atoms with Gasteiger partial charge in [-0.2, -0.15) is 5.10 Å². The predicted octanol–water partition coefficient (Wildman–Crippen LogP) is 7.20. The van der Waals surface area contributed by atoms with Crippen LogP contribution in [0.4, 0.5) is 10.5 Å². The molecule has 1 heterocycles. The van der Waals surface area contributed by atoms with Crippen molar-refractivity contribution in [1.29, 1.82) is 0 Å². The maximum atomic E-state index is 12.9. The van der Waals surface area contributed by atoms with Crippen molar-refractivity contribution in [3.8, 4) is 11.1 Å². The highest BCUT2D eigenvalue weighted by atomic mass is 16.6. The summed E-state index contributed by atoms with van der Waals surface area (Å²) in [4.78, 5) is 25.3. The third kappa shape index (κ3) is 7.21. The summed E-state index contributed by atoms with van der Waals surface area (Å²) >= 11 is 0. The van der Waals surface area contributed by atoms with Gasteiger partial charge in [-0.1, -0.05) is 63.2 Å². The molecule has 3 aromatic rings. The minimum Gasteiger partial charge on any atom is -0.462 e. The maximum Gasteiger partial charge on any atom is 0.412 e. The highest BCUT2D eigenvalue weighted by Gasteiger charge is 2.26. The third-order valence-corrected chi connectivity index (χ3v) is 5.75. The highest BCUT2D eigenvalue weighted by molar-refractivity contribution is 5.93. The quantitative estimate of drug-likeness (QED) is 0.311. The van der Waals surface area contributed by atoms with Gasteiger partial charge in [0, 0.05) is 18.5 Å². The van der Waals surface area contributed by atoms with Crippen molar-refractivity contribution in [3.05, 3.63) is 71.0 Å². The van der Waals surface area contributed by atoms with Crippen molar-refractivity contribution in [2.75, 3.05) is 11.9 Å². The molecule has 0 saturated carbocycles. The number of amides is 1. The van der Waals surface area contributed by atoms with E-state index in [0.29, 0.717) is 24.3 Å². The Kier molecular flexibility index (Phi) is 9.14. The van der Waals surface area contributed by atoms with Crippen molar-refractivity contribution in [1.82, 2.24) is 9.78 Å². The van der Waals surface area contributed by atoms with E-state index in [1.165, 1.54) is 0 Å². The Morgan fingerprint density at radius 1 is 1.03 bits per heavy atom. The van der Waals surface area contributed by atoms with E-state index >= 15 is 0 Å². The van der Waals surface area contributed by atoms with Crippen molar-refractivity contribution in [2.24, 2.45) is 0 Å². The van der Waals surface area contributed by atoms with Crippen LogP contribution in [0.15, 0.2) is 48.5 Å². The van der Waals surface area contributed by atoms with Gasteiger partial charge in [0.2, 0.25) is 0 Å². The molecule has 0 unspecified atom stereocenters. The molecule has 0 spiro atoms. The molecule has 0 aliphatic heterocycles. The molecule has 1 aromatic heterocycles. The zero-order valence-electron chi connectivity index (χ0n) is 23.1. The molecule has 0 bridgehead atoms. The fraction of sp³-hybridized carbons (Fsp3) is 0.433. The van der Waals surface area contributed by atoms with Gasteiger partial charge < -0.3 is 9.47 Å². The van der Waals surface area contributed by atoms with Crippen LogP contribution in [-0.4, -0.2) is 34.1 Å². The zero-order chi connectivity index (χ0) is 27.2. The summed E-state index contributed by atoms with van der Waals surface area (Å²) in [6.07, 6.45) is 0.981. The SMILES string of the molecule is CCCn1nc(C(C)C)c(C(=O)OCC)c1Cc1ccc(-c2ccccc2NC(=O)OC(C)(C)C)cc1. The first-order valence-corrected chi connectivity index (χ1v) is 13.0.